The van der Waals surface area contributed by atoms with Gasteiger partial charge < -0.3 is 14.8 Å². The van der Waals surface area contributed by atoms with Gasteiger partial charge in [-0.2, -0.15) is 0 Å². The van der Waals surface area contributed by atoms with Gasteiger partial charge in [-0.1, -0.05) is 0 Å². The molecule has 0 saturated heterocycles. The Morgan fingerprint density at radius 1 is 1.32 bits per heavy atom. The summed E-state index contributed by atoms with van der Waals surface area (Å²) in [6.45, 7) is 0.417. The van der Waals surface area contributed by atoms with Crippen LogP contribution < -0.4 is 10.1 Å². The number of carbonyl (C=O) groups excluding carboxylic acids is 2. The summed E-state index contributed by atoms with van der Waals surface area (Å²) in [4.78, 5) is 27.0. The number of ether oxygens (including phenoxy) is 2. The fourth-order valence-electron chi connectivity index (χ4n) is 2.48. The minimum absolute atomic E-state index is 0.0192. The molecule has 1 aliphatic rings. The first-order valence-electron chi connectivity index (χ1n) is 7.64. The summed E-state index contributed by atoms with van der Waals surface area (Å²) in [7, 11) is 1.35. The Bertz CT molecular complexity index is 531. The molecule has 0 fully saturated rings. The molecule has 0 radical (unpaired) electrons. The topological polar surface area (TPSA) is 77.5 Å². The molecule has 1 aromatic heterocycles. The molecule has 0 aliphatic heterocycles. The zero-order valence-electron chi connectivity index (χ0n) is 12.9. The third-order valence-electron chi connectivity index (χ3n) is 3.66. The molecule has 6 nitrogen and oxygen atoms in total. The molecule has 6 heteroatoms. The van der Waals surface area contributed by atoms with Gasteiger partial charge in [-0.05, 0) is 38.2 Å². The maximum Gasteiger partial charge on any atom is 0.305 e. The van der Waals surface area contributed by atoms with Crippen LogP contribution in [0, 0.1) is 0 Å². The average Bonchev–Trinajstić information content (AvgIpc) is 2.56. The number of rotatable bonds is 7. The molecular formula is C16H22N2O4. The molecule has 22 heavy (non-hydrogen) atoms. The van der Waals surface area contributed by atoms with Gasteiger partial charge in [0.05, 0.1) is 7.11 Å². The number of fused-ring (bicyclic) bond motifs is 1. The van der Waals surface area contributed by atoms with Crippen LogP contribution in [0.5, 0.6) is 5.75 Å². The largest absolute Gasteiger partial charge is 0.483 e. The number of esters is 1. The first kappa shape index (κ1) is 16.3. The van der Waals surface area contributed by atoms with E-state index in [9.17, 15) is 9.59 Å². The van der Waals surface area contributed by atoms with Crippen LogP contribution in [0.1, 0.15) is 36.9 Å². The fraction of sp³-hybridized carbons (Fsp3) is 0.562. The standard InChI is InChI=1S/C16H22N2O4/c1-21-16(20)7-4-9-18-15(19)11-22-14-8-10-17-13-6-3-2-5-12(13)14/h8,10H,2-7,9,11H2,1H3,(H,18,19). The van der Waals surface area contributed by atoms with Crippen molar-refractivity contribution in [1.82, 2.24) is 10.3 Å². The molecule has 1 heterocycles. The monoisotopic (exact) mass is 306 g/mol. The highest BCUT2D eigenvalue weighted by Crippen LogP contribution is 2.27. The van der Waals surface area contributed by atoms with Gasteiger partial charge >= 0.3 is 5.97 Å². The summed E-state index contributed by atoms with van der Waals surface area (Å²) >= 11 is 0. The number of methoxy groups -OCH3 is 1. The number of aromatic nitrogens is 1. The van der Waals surface area contributed by atoms with Crippen molar-refractivity contribution >= 4 is 11.9 Å². The Morgan fingerprint density at radius 2 is 2.14 bits per heavy atom. The summed E-state index contributed by atoms with van der Waals surface area (Å²) in [5.41, 5.74) is 2.22. The summed E-state index contributed by atoms with van der Waals surface area (Å²) in [6.07, 6.45) is 6.82. The second-order valence-electron chi connectivity index (χ2n) is 5.26. The van der Waals surface area contributed by atoms with Crippen LogP contribution in [0.25, 0.3) is 0 Å². The molecule has 1 aliphatic carbocycles. The maximum atomic E-state index is 11.7. The molecule has 0 bridgehead atoms. The van der Waals surface area contributed by atoms with Gasteiger partial charge in [-0.15, -0.1) is 0 Å². The maximum absolute atomic E-state index is 11.7. The van der Waals surface area contributed by atoms with Gasteiger partial charge in [0, 0.05) is 30.4 Å². The molecule has 1 aromatic rings. The minimum atomic E-state index is -0.270. The second kappa shape index (κ2) is 8.36. The van der Waals surface area contributed by atoms with Crippen molar-refractivity contribution in [3.05, 3.63) is 23.5 Å². The van der Waals surface area contributed by atoms with Crippen LogP contribution in [0.15, 0.2) is 12.3 Å². The van der Waals surface area contributed by atoms with Crippen LogP contribution in [0.3, 0.4) is 0 Å². The zero-order valence-corrected chi connectivity index (χ0v) is 12.9. The Kier molecular flexibility index (Phi) is 6.18. The van der Waals surface area contributed by atoms with E-state index in [4.69, 9.17) is 4.74 Å². The van der Waals surface area contributed by atoms with E-state index in [-0.39, 0.29) is 18.5 Å². The first-order chi connectivity index (χ1) is 10.7. The van der Waals surface area contributed by atoms with Crippen LogP contribution in [0.4, 0.5) is 0 Å². The summed E-state index contributed by atoms with van der Waals surface area (Å²) < 4.78 is 10.2. The van der Waals surface area contributed by atoms with E-state index in [1.165, 1.54) is 7.11 Å². The van der Waals surface area contributed by atoms with Gasteiger partial charge in [-0.25, -0.2) is 0 Å². The Balaban J connectivity index is 1.74. The van der Waals surface area contributed by atoms with E-state index in [0.29, 0.717) is 19.4 Å². The van der Waals surface area contributed by atoms with E-state index in [2.05, 4.69) is 15.0 Å². The zero-order chi connectivity index (χ0) is 15.8. The number of pyridine rings is 1. The van der Waals surface area contributed by atoms with Gasteiger partial charge in [0.2, 0.25) is 0 Å². The van der Waals surface area contributed by atoms with Crippen molar-refractivity contribution in [3.63, 3.8) is 0 Å². The van der Waals surface area contributed by atoms with Gasteiger partial charge in [0.1, 0.15) is 5.75 Å². The molecule has 0 atom stereocenters. The van der Waals surface area contributed by atoms with Gasteiger partial charge in [0.25, 0.3) is 5.91 Å². The average molecular weight is 306 g/mol. The third-order valence-corrected chi connectivity index (χ3v) is 3.66. The van der Waals surface area contributed by atoms with E-state index in [1.807, 2.05) is 6.07 Å². The lowest BCUT2D eigenvalue weighted by atomic mass is 9.95. The Labute approximate surface area is 130 Å². The Hall–Kier alpha value is -2.11. The molecule has 0 unspecified atom stereocenters. The smallest absolute Gasteiger partial charge is 0.305 e. The molecule has 0 saturated carbocycles. The highest BCUT2D eigenvalue weighted by Gasteiger charge is 2.15. The molecule has 2 rings (SSSR count). The van der Waals surface area contributed by atoms with Crippen LogP contribution in [-0.4, -0.2) is 37.1 Å². The highest BCUT2D eigenvalue weighted by atomic mass is 16.5. The van der Waals surface area contributed by atoms with E-state index in [1.54, 1.807) is 6.20 Å². The molecule has 0 aromatic carbocycles. The van der Waals surface area contributed by atoms with E-state index in [0.717, 1.165) is 42.7 Å². The van der Waals surface area contributed by atoms with Crippen molar-refractivity contribution in [2.24, 2.45) is 0 Å². The predicted molar refractivity (Wildman–Crippen MR) is 80.6 cm³/mol. The van der Waals surface area contributed by atoms with Gasteiger partial charge in [-0.3, -0.25) is 14.6 Å². The number of nitrogens with one attached hydrogen (secondary N) is 1. The quantitative estimate of drug-likeness (QED) is 0.609. The second-order valence-corrected chi connectivity index (χ2v) is 5.26. The number of aryl methyl sites for hydroxylation is 1. The number of hydrogen-bond acceptors (Lipinski definition) is 5. The van der Waals surface area contributed by atoms with Crippen LogP contribution >= 0.6 is 0 Å². The summed E-state index contributed by atoms with van der Waals surface area (Å²) in [5.74, 6) is 0.301. The van der Waals surface area contributed by atoms with Crippen molar-refractivity contribution < 1.29 is 19.1 Å². The lowest BCUT2D eigenvalue weighted by Gasteiger charge is -2.18. The number of carbonyl (C=O) groups is 2. The van der Waals surface area contributed by atoms with Crippen molar-refractivity contribution in [3.8, 4) is 5.75 Å². The minimum Gasteiger partial charge on any atom is -0.483 e. The molecular weight excluding hydrogens is 284 g/mol. The fourth-order valence-corrected chi connectivity index (χ4v) is 2.48. The predicted octanol–water partition coefficient (Wildman–Crippen LogP) is 1.41. The summed E-state index contributed by atoms with van der Waals surface area (Å²) in [6, 6.07) is 1.81. The first-order valence-corrected chi connectivity index (χ1v) is 7.64. The molecule has 120 valence electrons. The van der Waals surface area contributed by atoms with Gasteiger partial charge in [0.15, 0.2) is 6.61 Å². The SMILES string of the molecule is COC(=O)CCCNC(=O)COc1ccnc2c1CCCC2. The van der Waals surface area contributed by atoms with E-state index < -0.39 is 0 Å². The van der Waals surface area contributed by atoms with Crippen molar-refractivity contribution in [1.29, 1.82) is 0 Å². The van der Waals surface area contributed by atoms with Crippen LogP contribution in [0.2, 0.25) is 0 Å². The number of hydrogen-bond donors (Lipinski definition) is 1. The summed E-state index contributed by atoms with van der Waals surface area (Å²) in [5, 5.41) is 2.73. The number of nitrogens with zero attached hydrogens (tertiary/aromatic N) is 1. The van der Waals surface area contributed by atoms with Crippen molar-refractivity contribution in [2.45, 2.75) is 38.5 Å². The highest BCUT2D eigenvalue weighted by molar-refractivity contribution is 5.77. The normalized spacial score (nSPS) is 13.1. The third kappa shape index (κ3) is 4.72. The molecule has 0 spiro atoms. The van der Waals surface area contributed by atoms with Crippen molar-refractivity contribution in [2.75, 3.05) is 20.3 Å². The van der Waals surface area contributed by atoms with E-state index >= 15 is 0 Å². The Morgan fingerprint density at radius 3 is 2.95 bits per heavy atom. The molecule has 1 amide bonds. The lowest BCUT2D eigenvalue weighted by Crippen LogP contribution is -2.30. The lowest BCUT2D eigenvalue weighted by molar-refractivity contribution is -0.140. The number of amides is 1. The molecule has 1 N–H and O–H groups in total. The van der Waals surface area contributed by atoms with Crippen LogP contribution in [-0.2, 0) is 27.2 Å².